The molecule has 0 aliphatic carbocycles. The Balaban J connectivity index is 2.38. The van der Waals surface area contributed by atoms with E-state index in [4.69, 9.17) is 15.3 Å². The van der Waals surface area contributed by atoms with Crippen LogP contribution in [0.1, 0.15) is 0 Å². The van der Waals surface area contributed by atoms with E-state index in [1.807, 2.05) is 31.3 Å². The van der Waals surface area contributed by atoms with Crippen LogP contribution in [0, 0.1) is 22.8 Å². The molecule has 1 aliphatic rings. The van der Waals surface area contributed by atoms with Crippen LogP contribution in [0.5, 0.6) is 0 Å². The highest BCUT2D eigenvalue weighted by atomic mass is 16.5. The van der Waals surface area contributed by atoms with Gasteiger partial charge in [0.1, 0.15) is 6.54 Å². The van der Waals surface area contributed by atoms with Crippen LogP contribution in [-0.4, -0.2) is 61.9 Å². The summed E-state index contributed by atoms with van der Waals surface area (Å²) in [7, 11) is 3.62. The van der Waals surface area contributed by atoms with Gasteiger partial charge in [0.25, 0.3) is 0 Å². The Labute approximate surface area is 123 Å². The van der Waals surface area contributed by atoms with Crippen LogP contribution in [0.15, 0.2) is 0 Å². The molecule has 0 unspecified atom stereocenters. The Morgan fingerprint density at radius 2 is 1.81 bits per heavy atom. The number of aromatic nitrogens is 3. The number of anilines is 3. The van der Waals surface area contributed by atoms with E-state index in [9.17, 15) is 0 Å². The molecule has 0 bridgehead atoms. The quantitative estimate of drug-likeness (QED) is 0.415. The van der Waals surface area contributed by atoms with Crippen LogP contribution in [-0.2, 0) is 4.74 Å². The third-order valence-corrected chi connectivity index (χ3v) is 2.88. The monoisotopic (exact) mass is 288 g/mol. The zero-order valence-corrected chi connectivity index (χ0v) is 12.0. The minimum atomic E-state index is -0.101. The van der Waals surface area contributed by atoms with E-state index in [1.165, 1.54) is 0 Å². The number of nitriles is 2. The highest BCUT2D eigenvalue weighted by Crippen LogP contribution is 2.18. The summed E-state index contributed by atoms with van der Waals surface area (Å²) >= 11 is 0. The first kappa shape index (κ1) is 14.8. The van der Waals surface area contributed by atoms with Crippen LogP contribution >= 0.6 is 0 Å². The van der Waals surface area contributed by atoms with Crippen molar-refractivity contribution in [3.05, 3.63) is 0 Å². The first-order valence-corrected chi connectivity index (χ1v) is 6.46. The number of hydrogen-bond donors (Lipinski definition) is 0. The predicted octanol–water partition coefficient (Wildman–Crippen LogP) is -0.415. The van der Waals surface area contributed by atoms with Crippen molar-refractivity contribution in [2.45, 2.75) is 0 Å². The molecule has 1 aliphatic heterocycles. The van der Waals surface area contributed by atoms with Crippen molar-refractivity contribution in [3.63, 3.8) is 0 Å². The van der Waals surface area contributed by atoms with Crippen molar-refractivity contribution in [3.8, 4) is 12.3 Å². The Bertz CT molecular complexity index is 570. The molecule has 0 aromatic carbocycles. The van der Waals surface area contributed by atoms with Crippen molar-refractivity contribution >= 4 is 17.8 Å². The maximum absolute atomic E-state index is 9.12. The molecule has 9 nitrogen and oxygen atoms in total. The lowest BCUT2D eigenvalue weighted by atomic mass is 10.4. The maximum Gasteiger partial charge on any atom is 0.246 e. The Kier molecular flexibility index (Phi) is 4.69. The molecule has 0 spiro atoms. The summed E-state index contributed by atoms with van der Waals surface area (Å²) in [5.41, 5.74) is 0. The zero-order chi connectivity index (χ0) is 15.2. The molecule has 1 aromatic rings. The molecular formula is C12H16N8O. The first-order chi connectivity index (χ1) is 10.2. The van der Waals surface area contributed by atoms with Crippen molar-refractivity contribution in [1.82, 2.24) is 15.0 Å². The lowest BCUT2D eigenvalue weighted by Gasteiger charge is -2.27. The molecule has 2 heterocycles. The van der Waals surface area contributed by atoms with Crippen LogP contribution in [0.4, 0.5) is 17.8 Å². The second-order valence-corrected chi connectivity index (χ2v) is 4.57. The number of ether oxygens (including phenoxy) is 1. The van der Waals surface area contributed by atoms with Crippen LogP contribution in [0.2, 0.25) is 0 Å². The van der Waals surface area contributed by atoms with E-state index in [2.05, 4.69) is 15.0 Å². The third-order valence-electron chi connectivity index (χ3n) is 2.88. The van der Waals surface area contributed by atoms with Gasteiger partial charge in [0.15, 0.2) is 6.19 Å². The Morgan fingerprint density at radius 1 is 1.14 bits per heavy atom. The van der Waals surface area contributed by atoms with Crippen LogP contribution < -0.4 is 14.7 Å². The smallest absolute Gasteiger partial charge is 0.246 e. The van der Waals surface area contributed by atoms with Gasteiger partial charge in [-0.05, 0) is 0 Å². The van der Waals surface area contributed by atoms with Crippen LogP contribution in [0.25, 0.3) is 0 Å². The van der Waals surface area contributed by atoms with E-state index in [1.54, 1.807) is 4.90 Å². The number of rotatable bonds is 4. The lowest BCUT2D eigenvalue weighted by molar-refractivity contribution is 0.122. The second-order valence-electron chi connectivity index (χ2n) is 4.57. The summed E-state index contributed by atoms with van der Waals surface area (Å²) in [4.78, 5) is 17.8. The highest BCUT2D eigenvalue weighted by Gasteiger charge is 2.19. The number of hydrogen-bond acceptors (Lipinski definition) is 9. The fourth-order valence-electron chi connectivity index (χ4n) is 1.79. The SMILES string of the molecule is CN(C)c1nc(N(C#N)CC#N)nc(N2CCOCC2)n1. The fraction of sp³-hybridized carbons (Fsp3) is 0.583. The highest BCUT2D eigenvalue weighted by molar-refractivity contribution is 5.48. The summed E-state index contributed by atoms with van der Waals surface area (Å²) < 4.78 is 5.31. The first-order valence-electron chi connectivity index (χ1n) is 6.46. The molecule has 9 heteroatoms. The third kappa shape index (κ3) is 3.46. The number of morpholine rings is 1. The molecule has 2 rings (SSSR count). The summed E-state index contributed by atoms with van der Waals surface area (Å²) in [6.45, 7) is 2.48. The van der Waals surface area contributed by atoms with Gasteiger partial charge < -0.3 is 14.5 Å². The molecule has 21 heavy (non-hydrogen) atoms. The second kappa shape index (κ2) is 6.68. The zero-order valence-electron chi connectivity index (χ0n) is 12.0. The minimum Gasteiger partial charge on any atom is -0.378 e. The molecule has 1 fully saturated rings. The Morgan fingerprint density at radius 3 is 2.38 bits per heavy atom. The molecule has 0 saturated carbocycles. The van der Waals surface area contributed by atoms with Gasteiger partial charge in [-0.2, -0.15) is 25.5 Å². The van der Waals surface area contributed by atoms with Crippen molar-refractivity contribution in [2.24, 2.45) is 0 Å². The summed E-state index contributed by atoms with van der Waals surface area (Å²) in [5, 5.41) is 17.9. The van der Waals surface area contributed by atoms with E-state index in [0.29, 0.717) is 38.2 Å². The van der Waals surface area contributed by atoms with E-state index < -0.39 is 0 Å². The van der Waals surface area contributed by atoms with Gasteiger partial charge in [-0.15, -0.1) is 0 Å². The summed E-state index contributed by atoms with van der Waals surface area (Å²) in [6, 6.07) is 1.92. The molecule has 1 saturated heterocycles. The van der Waals surface area contributed by atoms with Crippen LogP contribution in [0.3, 0.4) is 0 Å². The van der Waals surface area contributed by atoms with Gasteiger partial charge in [-0.3, -0.25) is 0 Å². The molecule has 1 aromatic heterocycles. The molecule has 0 amide bonds. The van der Waals surface area contributed by atoms with Gasteiger partial charge in [0, 0.05) is 27.2 Å². The number of nitrogens with zero attached hydrogens (tertiary/aromatic N) is 8. The van der Waals surface area contributed by atoms with E-state index >= 15 is 0 Å². The molecule has 0 N–H and O–H groups in total. The summed E-state index contributed by atoms with van der Waals surface area (Å²) in [6.07, 6.45) is 1.91. The van der Waals surface area contributed by atoms with E-state index in [0.717, 1.165) is 4.90 Å². The fourth-order valence-corrected chi connectivity index (χ4v) is 1.79. The topological polar surface area (TPSA) is 105 Å². The van der Waals surface area contributed by atoms with Crippen molar-refractivity contribution in [2.75, 3.05) is 61.6 Å². The molecule has 110 valence electrons. The van der Waals surface area contributed by atoms with Gasteiger partial charge in [-0.1, -0.05) is 0 Å². The minimum absolute atomic E-state index is 0.101. The van der Waals surface area contributed by atoms with Gasteiger partial charge in [-0.25, -0.2) is 4.90 Å². The molecular weight excluding hydrogens is 272 g/mol. The lowest BCUT2D eigenvalue weighted by Crippen LogP contribution is -2.38. The largest absolute Gasteiger partial charge is 0.378 e. The average molecular weight is 288 g/mol. The maximum atomic E-state index is 9.12. The van der Waals surface area contributed by atoms with E-state index in [-0.39, 0.29) is 12.5 Å². The average Bonchev–Trinajstić information content (AvgIpc) is 2.53. The van der Waals surface area contributed by atoms with Gasteiger partial charge in [0.2, 0.25) is 17.8 Å². The van der Waals surface area contributed by atoms with Gasteiger partial charge >= 0.3 is 0 Å². The van der Waals surface area contributed by atoms with Gasteiger partial charge in [0.05, 0.1) is 19.3 Å². The van der Waals surface area contributed by atoms with Crippen molar-refractivity contribution in [1.29, 1.82) is 10.5 Å². The predicted molar refractivity (Wildman–Crippen MR) is 75.8 cm³/mol. The molecule has 0 radical (unpaired) electrons. The van der Waals surface area contributed by atoms with Crippen molar-refractivity contribution < 1.29 is 4.74 Å². The Hall–Kier alpha value is -2.65. The standard InChI is InChI=1S/C12H16N8O/c1-18(2)10-15-11(19-5-7-21-8-6-19)17-12(16-10)20(9-14)4-3-13/h4-8H2,1-2H3. The molecule has 0 atom stereocenters. The summed E-state index contributed by atoms with van der Waals surface area (Å²) in [5.74, 6) is 1.11. The normalized spacial score (nSPS) is 14.2.